The third kappa shape index (κ3) is 3.59. The summed E-state index contributed by atoms with van der Waals surface area (Å²) in [6.45, 7) is 4.25. The zero-order chi connectivity index (χ0) is 23.2. The number of hydrogen-bond acceptors (Lipinski definition) is 5. The highest BCUT2D eigenvalue weighted by atomic mass is 16.6. The molecular formula is C26H26N4O4. The number of nitrogens with zero attached hydrogens (tertiary/aromatic N) is 3. The number of rotatable bonds is 5. The van der Waals surface area contributed by atoms with Crippen molar-refractivity contribution in [3.05, 3.63) is 53.7 Å². The summed E-state index contributed by atoms with van der Waals surface area (Å²) in [6.07, 6.45) is 6.89. The lowest BCUT2D eigenvalue weighted by Gasteiger charge is -2.32. The van der Waals surface area contributed by atoms with Crippen molar-refractivity contribution in [3.8, 4) is 11.5 Å². The Balaban J connectivity index is 1.30. The molecule has 0 spiro atoms. The molecule has 8 nitrogen and oxygen atoms in total. The highest BCUT2D eigenvalue weighted by Crippen LogP contribution is 2.37. The number of nitrogens with one attached hydrogen (secondary N) is 1. The first-order valence-electron chi connectivity index (χ1n) is 11.7. The summed E-state index contributed by atoms with van der Waals surface area (Å²) >= 11 is 0. The molecule has 2 aliphatic heterocycles. The van der Waals surface area contributed by atoms with Gasteiger partial charge in [-0.1, -0.05) is 13.0 Å². The number of amides is 2. The van der Waals surface area contributed by atoms with Gasteiger partial charge in [-0.15, -0.1) is 0 Å². The van der Waals surface area contributed by atoms with Crippen molar-refractivity contribution >= 4 is 34.7 Å². The molecule has 174 valence electrons. The first-order chi connectivity index (χ1) is 16.6. The van der Waals surface area contributed by atoms with E-state index in [4.69, 9.17) is 14.5 Å². The molecule has 2 amide bonds. The van der Waals surface area contributed by atoms with E-state index in [0.29, 0.717) is 49.2 Å². The number of fused-ring (bicyclic) bond motifs is 2. The second-order valence-corrected chi connectivity index (χ2v) is 9.14. The third-order valence-electron chi connectivity index (χ3n) is 6.78. The van der Waals surface area contributed by atoms with Crippen LogP contribution in [0.5, 0.6) is 11.5 Å². The van der Waals surface area contributed by atoms with Gasteiger partial charge >= 0.3 is 0 Å². The Labute approximate surface area is 197 Å². The molecule has 6 rings (SSSR count). The Kier molecular flexibility index (Phi) is 5.01. The Hall–Kier alpha value is -3.81. The van der Waals surface area contributed by atoms with E-state index in [9.17, 15) is 9.59 Å². The van der Waals surface area contributed by atoms with E-state index in [1.54, 1.807) is 23.1 Å². The van der Waals surface area contributed by atoms with Gasteiger partial charge in [-0.2, -0.15) is 0 Å². The summed E-state index contributed by atoms with van der Waals surface area (Å²) in [6, 6.07) is 9.64. The van der Waals surface area contributed by atoms with Crippen LogP contribution in [0.25, 0.3) is 16.6 Å². The minimum absolute atomic E-state index is 0.0257. The van der Waals surface area contributed by atoms with Gasteiger partial charge < -0.3 is 19.4 Å². The number of hydrogen-bond donors (Lipinski definition) is 1. The second-order valence-electron chi connectivity index (χ2n) is 9.14. The van der Waals surface area contributed by atoms with Crippen LogP contribution >= 0.6 is 0 Å². The quantitative estimate of drug-likeness (QED) is 0.590. The zero-order valence-corrected chi connectivity index (χ0v) is 19.0. The molecule has 1 saturated carbocycles. The Morgan fingerprint density at radius 3 is 2.76 bits per heavy atom. The van der Waals surface area contributed by atoms with Crippen molar-refractivity contribution in [1.29, 1.82) is 0 Å². The van der Waals surface area contributed by atoms with Gasteiger partial charge in [0.2, 0.25) is 6.41 Å². The van der Waals surface area contributed by atoms with Crippen molar-refractivity contribution in [2.75, 3.05) is 31.2 Å². The molecule has 1 N–H and O–H groups in total. The maximum Gasteiger partial charge on any atom is 0.254 e. The molecule has 3 aromatic rings. The third-order valence-corrected chi connectivity index (χ3v) is 6.78. The Bertz CT molecular complexity index is 1310. The van der Waals surface area contributed by atoms with Gasteiger partial charge in [-0.3, -0.25) is 14.5 Å². The molecule has 8 heteroatoms. The fraction of sp³-hybridized carbons (Fsp3) is 0.346. The number of pyridine rings is 1. The number of H-pyrrole nitrogens is 1. The normalized spacial score (nSPS) is 19.6. The maximum atomic E-state index is 13.2. The molecule has 34 heavy (non-hydrogen) atoms. The molecule has 1 aromatic carbocycles. The number of carbonyl (C=O) groups is 2. The summed E-state index contributed by atoms with van der Waals surface area (Å²) in [7, 11) is 0. The molecule has 1 fully saturated rings. The largest absolute Gasteiger partial charge is 0.486 e. The SMILES string of the molecule is CC1CN(C(=O)c2ccc3c(c2)OCCO3)CC=C1c1cc(N(C=O)C2CC2)nc2[nH]ccc12. The fourth-order valence-electron chi connectivity index (χ4n) is 4.89. The molecule has 1 atom stereocenters. The van der Waals surface area contributed by atoms with Crippen LogP contribution in [-0.2, 0) is 4.79 Å². The first kappa shape index (κ1) is 20.8. The molecule has 3 aliphatic rings. The van der Waals surface area contributed by atoms with E-state index in [1.165, 1.54) is 5.57 Å². The van der Waals surface area contributed by atoms with Crippen LogP contribution in [0, 0.1) is 5.92 Å². The lowest BCUT2D eigenvalue weighted by Crippen LogP contribution is -2.38. The van der Waals surface area contributed by atoms with Crippen molar-refractivity contribution in [2.45, 2.75) is 25.8 Å². The minimum atomic E-state index is -0.0257. The van der Waals surface area contributed by atoms with Crippen LogP contribution < -0.4 is 14.4 Å². The smallest absolute Gasteiger partial charge is 0.254 e. The van der Waals surface area contributed by atoms with Crippen molar-refractivity contribution < 1.29 is 19.1 Å². The second kappa shape index (κ2) is 8.20. The summed E-state index contributed by atoms with van der Waals surface area (Å²) in [5.74, 6) is 2.06. The molecule has 2 aromatic heterocycles. The Morgan fingerprint density at radius 1 is 1.18 bits per heavy atom. The van der Waals surface area contributed by atoms with Crippen LogP contribution in [0.2, 0.25) is 0 Å². The molecule has 1 unspecified atom stereocenters. The number of anilines is 1. The van der Waals surface area contributed by atoms with Gasteiger partial charge in [0.25, 0.3) is 5.91 Å². The number of benzene rings is 1. The summed E-state index contributed by atoms with van der Waals surface area (Å²) in [5.41, 5.74) is 3.59. The van der Waals surface area contributed by atoms with Gasteiger partial charge in [0.05, 0.1) is 0 Å². The van der Waals surface area contributed by atoms with Crippen LogP contribution in [0.15, 0.2) is 42.6 Å². The van der Waals surface area contributed by atoms with Crippen LogP contribution in [0.3, 0.4) is 0 Å². The van der Waals surface area contributed by atoms with Crippen LogP contribution in [-0.4, -0.2) is 59.5 Å². The van der Waals surface area contributed by atoms with Gasteiger partial charge in [-0.05, 0) is 60.2 Å². The first-order valence-corrected chi connectivity index (χ1v) is 11.7. The molecular weight excluding hydrogens is 432 g/mol. The maximum absolute atomic E-state index is 13.2. The van der Waals surface area contributed by atoms with E-state index in [-0.39, 0.29) is 17.9 Å². The topological polar surface area (TPSA) is 87.8 Å². The van der Waals surface area contributed by atoms with Gasteiger partial charge in [0, 0.05) is 36.3 Å². The Morgan fingerprint density at radius 2 is 2.00 bits per heavy atom. The van der Waals surface area contributed by atoms with E-state index in [2.05, 4.69) is 18.0 Å². The highest BCUT2D eigenvalue weighted by molar-refractivity contribution is 5.97. The van der Waals surface area contributed by atoms with Crippen LogP contribution in [0.4, 0.5) is 5.82 Å². The average molecular weight is 459 g/mol. The van der Waals surface area contributed by atoms with Crippen LogP contribution in [0.1, 0.15) is 35.7 Å². The van der Waals surface area contributed by atoms with Gasteiger partial charge in [-0.25, -0.2) is 4.98 Å². The van der Waals surface area contributed by atoms with E-state index in [0.717, 1.165) is 35.8 Å². The minimum Gasteiger partial charge on any atom is -0.486 e. The standard InChI is InChI=1S/C26H26N4O4/c1-16-14-29(26(32)17-2-5-22-23(12-17)34-11-10-33-22)9-7-19(16)21-13-24(30(15-31)18-3-4-18)28-25-20(21)6-8-27-25/h2,5-8,12-13,15-16,18H,3-4,9-11,14H2,1H3,(H,27,28). The predicted molar refractivity (Wildman–Crippen MR) is 128 cm³/mol. The fourth-order valence-corrected chi connectivity index (χ4v) is 4.89. The van der Waals surface area contributed by atoms with Crippen molar-refractivity contribution in [1.82, 2.24) is 14.9 Å². The zero-order valence-electron chi connectivity index (χ0n) is 19.0. The van der Waals surface area contributed by atoms with Gasteiger partial charge in [0.15, 0.2) is 11.5 Å². The molecule has 4 heterocycles. The van der Waals surface area contributed by atoms with Crippen molar-refractivity contribution in [2.24, 2.45) is 5.92 Å². The molecule has 0 bridgehead atoms. The number of aromatic nitrogens is 2. The monoisotopic (exact) mass is 458 g/mol. The van der Waals surface area contributed by atoms with Gasteiger partial charge in [0.1, 0.15) is 24.7 Å². The number of ether oxygens (including phenoxy) is 2. The van der Waals surface area contributed by atoms with Crippen molar-refractivity contribution in [3.63, 3.8) is 0 Å². The molecule has 1 aliphatic carbocycles. The lowest BCUT2D eigenvalue weighted by atomic mass is 9.89. The lowest BCUT2D eigenvalue weighted by molar-refractivity contribution is -0.107. The van der Waals surface area contributed by atoms with E-state index >= 15 is 0 Å². The van der Waals surface area contributed by atoms with E-state index < -0.39 is 0 Å². The predicted octanol–water partition coefficient (Wildman–Crippen LogP) is 3.63. The molecule has 0 radical (unpaired) electrons. The average Bonchev–Trinajstić information content (AvgIpc) is 3.58. The number of carbonyl (C=O) groups excluding carboxylic acids is 2. The van der Waals surface area contributed by atoms with E-state index in [1.807, 2.05) is 23.2 Å². The summed E-state index contributed by atoms with van der Waals surface area (Å²) < 4.78 is 11.2. The highest BCUT2D eigenvalue weighted by Gasteiger charge is 2.32. The molecule has 0 saturated heterocycles. The summed E-state index contributed by atoms with van der Waals surface area (Å²) in [4.78, 5) is 36.5. The number of aromatic amines is 1. The summed E-state index contributed by atoms with van der Waals surface area (Å²) in [5, 5.41) is 1.02.